The van der Waals surface area contributed by atoms with E-state index in [4.69, 9.17) is 4.98 Å². The summed E-state index contributed by atoms with van der Waals surface area (Å²) in [6.45, 7) is 0.623. The number of aromatic nitrogens is 4. The number of nitrogens with zero attached hydrogens (tertiary/aromatic N) is 5. The number of rotatable bonds is 5. The Labute approximate surface area is 226 Å². The normalized spacial score (nSPS) is 22.2. The molecule has 1 fully saturated rings. The Kier molecular flexibility index (Phi) is 6.11. The minimum atomic E-state index is 0.00962. The third-order valence-electron chi connectivity index (χ3n) is 8.05. The molecule has 0 aromatic carbocycles. The predicted octanol–water partition coefficient (Wildman–Crippen LogP) is 4.37. The smallest absolute Gasteiger partial charge is 0.227 e. The van der Waals surface area contributed by atoms with Crippen molar-refractivity contribution in [2.45, 2.75) is 50.5 Å². The molecular formula is C30H30N8O. The molecule has 5 heterocycles. The first-order valence-electron chi connectivity index (χ1n) is 13.8. The van der Waals surface area contributed by atoms with E-state index < -0.39 is 0 Å². The lowest BCUT2D eigenvalue weighted by atomic mass is 9.88. The fourth-order valence-electron chi connectivity index (χ4n) is 5.96. The van der Waals surface area contributed by atoms with Gasteiger partial charge >= 0.3 is 0 Å². The van der Waals surface area contributed by atoms with Crippen molar-refractivity contribution in [2.75, 3.05) is 11.9 Å². The third-order valence-corrected chi connectivity index (χ3v) is 8.05. The van der Waals surface area contributed by atoms with Crippen molar-refractivity contribution in [3.05, 3.63) is 89.1 Å². The summed E-state index contributed by atoms with van der Waals surface area (Å²) in [4.78, 5) is 34.8. The van der Waals surface area contributed by atoms with Crippen molar-refractivity contribution in [3.63, 3.8) is 0 Å². The summed E-state index contributed by atoms with van der Waals surface area (Å²) < 4.78 is 0. The Hall–Kier alpha value is -4.40. The van der Waals surface area contributed by atoms with E-state index in [2.05, 4.69) is 47.9 Å². The molecule has 0 spiro atoms. The highest BCUT2D eigenvalue weighted by Crippen LogP contribution is 2.33. The highest BCUT2D eigenvalue weighted by molar-refractivity contribution is 6.14. The molecule has 1 amide bonds. The molecule has 9 nitrogen and oxygen atoms in total. The zero-order valence-electron chi connectivity index (χ0n) is 21.6. The molecule has 1 saturated carbocycles. The van der Waals surface area contributed by atoms with Gasteiger partial charge in [0, 0.05) is 35.7 Å². The molecule has 3 aromatic heterocycles. The maximum Gasteiger partial charge on any atom is 0.227 e. The van der Waals surface area contributed by atoms with Gasteiger partial charge in [-0.15, -0.1) is 0 Å². The van der Waals surface area contributed by atoms with Crippen molar-refractivity contribution in [2.24, 2.45) is 16.0 Å². The van der Waals surface area contributed by atoms with E-state index in [1.807, 2.05) is 42.9 Å². The number of imidazole rings is 1. The summed E-state index contributed by atoms with van der Waals surface area (Å²) in [7, 11) is 0. The van der Waals surface area contributed by atoms with Crippen LogP contribution >= 0.6 is 0 Å². The van der Waals surface area contributed by atoms with Crippen LogP contribution < -0.4 is 10.7 Å². The first-order valence-corrected chi connectivity index (χ1v) is 13.8. The van der Waals surface area contributed by atoms with Crippen LogP contribution in [-0.4, -0.2) is 50.4 Å². The van der Waals surface area contributed by atoms with Crippen LogP contribution in [0.1, 0.15) is 72.9 Å². The Morgan fingerprint density at radius 2 is 2.03 bits per heavy atom. The van der Waals surface area contributed by atoms with Gasteiger partial charge in [-0.3, -0.25) is 19.8 Å². The summed E-state index contributed by atoms with van der Waals surface area (Å²) in [5, 5.41) is 7.77. The number of carbonyl (C=O) groups is 1. The van der Waals surface area contributed by atoms with Crippen LogP contribution in [0.4, 0.5) is 5.69 Å². The molecule has 3 N–H and O–H groups in total. The van der Waals surface area contributed by atoms with Crippen LogP contribution in [0.25, 0.3) is 5.57 Å². The van der Waals surface area contributed by atoms with Gasteiger partial charge in [-0.25, -0.2) is 4.98 Å². The number of fused-ring (bicyclic) bond motifs is 2. The SMILES string of the molecule is O=C(Nc1cncc(C2=CCC3NN=C(c4nc5c([nH]4)C=NCC5c4ccccn4)C3=C2)c1)C1CCCCC1. The molecule has 0 bridgehead atoms. The van der Waals surface area contributed by atoms with Crippen molar-refractivity contribution < 1.29 is 4.79 Å². The highest BCUT2D eigenvalue weighted by Gasteiger charge is 2.33. The Morgan fingerprint density at radius 3 is 2.90 bits per heavy atom. The van der Waals surface area contributed by atoms with E-state index in [9.17, 15) is 4.79 Å². The molecule has 2 atom stereocenters. The van der Waals surface area contributed by atoms with Crippen LogP contribution in [0.15, 0.2) is 70.7 Å². The number of pyridine rings is 2. The predicted molar refractivity (Wildman–Crippen MR) is 151 cm³/mol. The Morgan fingerprint density at radius 1 is 1.10 bits per heavy atom. The van der Waals surface area contributed by atoms with Gasteiger partial charge in [-0.2, -0.15) is 5.10 Å². The standard InChI is InChI=1S/C30H30N8O/c39-30(18-6-2-1-3-7-18)34-21-12-20(14-31-15-21)19-9-10-25-22(13-19)28(38-37-25)29-35-26-17-32-16-23(27(26)36-29)24-8-4-5-11-33-24/h4-5,8-9,11-15,17-18,23,25,37H,1-3,6-7,10,16H2,(H,34,39)(H,35,36). The summed E-state index contributed by atoms with van der Waals surface area (Å²) >= 11 is 0. The number of amides is 1. The van der Waals surface area contributed by atoms with Gasteiger partial charge in [0.2, 0.25) is 5.91 Å². The summed E-state index contributed by atoms with van der Waals surface area (Å²) in [5.41, 5.74) is 10.7. The second-order valence-electron chi connectivity index (χ2n) is 10.6. The highest BCUT2D eigenvalue weighted by atomic mass is 16.1. The van der Waals surface area contributed by atoms with Crippen molar-refractivity contribution >= 4 is 29.1 Å². The molecule has 39 heavy (non-hydrogen) atoms. The van der Waals surface area contributed by atoms with Gasteiger partial charge in [-0.05, 0) is 49.1 Å². The van der Waals surface area contributed by atoms with Gasteiger partial charge in [0.05, 0.1) is 47.5 Å². The number of aliphatic imine (C=N–C) groups is 1. The van der Waals surface area contributed by atoms with E-state index in [0.29, 0.717) is 6.54 Å². The van der Waals surface area contributed by atoms with E-state index in [-0.39, 0.29) is 23.8 Å². The van der Waals surface area contributed by atoms with Crippen LogP contribution in [0, 0.1) is 5.92 Å². The lowest BCUT2D eigenvalue weighted by Crippen LogP contribution is -2.25. The van der Waals surface area contributed by atoms with E-state index >= 15 is 0 Å². The second kappa shape index (κ2) is 10.1. The first kappa shape index (κ1) is 23.7. The van der Waals surface area contributed by atoms with Crippen LogP contribution in [0.3, 0.4) is 0 Å². The molecule has 0 saturated heterocycles. The number of aromatic amines is 1. The van der Waals surface area contributed by atoms with E-state index in [1.165, 1.54) is 6.42 Å². The first-order chi connectivity index (χ1) is 19.2. The van der Waals surface area contributed by atoms with Crippen LogP contribution in [0.2, 0.25) is 0 Å². The van der Waals surface area contributed by atoms with Crippen molar-refractivity contribution in [3.8, 4) is 0 Å². The second-order valence-corrected chi connectivity index (χ2v) is 10.6. The number of allylic oxidation sites excluding steroid dienone is 2. The fraction of sp³-hybridized carbons (Fsp3) is 0.333. The van der Waals surface area contributed by atoms with Gasteiger partial charge in [0.15, 0.2) is 5.82 Å². The lowest BCUT2D eigenvalue weighted by Gasteiger charge is -2.21. The van der Waals surface area contributed by atoms with E-state index in [0.717, 1.165) is 83.1 Å². The molecule has 9 heteroatoms. The molecule has 4 aliphatic rings. The molecule has 3 aromatic rings. The average molecular weight is 519 g/mol. The largest absolute Gasteiger partial charge is 0.336 e. The number of nitrogens with one attached hydrogen (secondary N) is 3. The lowest BCUT2D eigenvalue weighted by molar-refractivity contribution is -0.120. The molecular weight excluding hydrogens is 488 g/mol. The summed E-state index contributed by atoms with van der Waals surface area (Å²) in [6.07, 6.45) is 17.8. The van der Waals surface area contributed by atoms with Crippen LogP contribution in [-0.2, 0) is 4.79 Å². The number of hydrazone groups is 1. The van der Waals surface area contributed by atoms with Crippen molar-refractivity contribution in [1.82, 2.24) is 25.4 Å². The summed E-state index contributed by atoms with van der Waals surface area (Å²) in [6, 6.07) is 8.04. The van der Waals surface area contributed by atoms with Gasteiger partial charge in [-0.1, -0.05) is 31.4 Å². The third kappa shape index (κ3) is 4.58. The zero-order valence-corrected chi connectivity index (χ0v) is 21.6. The molecule has 2 aliphatic heterocycles. The molecule has 7 rings (SSSR count). The number of carbonyl (C=O) groups excluding carboxylic acids is 1. The minimum absolute atomic E-state index is 0.00962. The van der Waals surface area contributed by atoms with E-state index in [1.54, 1.807) is 6.20 Å². The van der Waals surface area contributed by atoms with Gasteiger partial charge in [0.1, 0.15) is 5.71 Å². The van der Waals surface area contributed by atoms with Gasteiger partial charge in [0.25, 0.3) is 0 Å². The Balaban J connectivity index is 1.13. The number of hydrogen-bond donors (Lipinski definition) is 3. The Bertz CT molecular complexity index is 1530. The molecule has 196 valence electrons. The molecule has 2 unspecified atom stereocenters. The maximum absolute atomic E-state index is 12.8. The van der Waals surface area contributed by atoms with Crippen LogP contribution in [0.5, 0.6) is 0 Å². The number of hydrogen-bond acceptors (Lipinski definition) is 7. The van der Waals surface area contributed by atoms with Gasteiger partial charge < -0.3 is 15.7 Å². The average Bonchev–Trinajstić information content (AvgIpc) is 3.62. The maximum atomic E-state index is 12.8. The zero-order chi connectivity index (χ0) is 26.2. The minimum Gasteiger partial charge on any atom is -0.336 e. The number of anilines is 1. The monoisotopic (exact) mass is 518 g/mol. The number of H-pyrrole nitrogens is 1. The molecule has 2 aliphatic carbocycles. The fourth-order valence-corrected chi connectivity index (χ4v) is 5.96. The summed E-state index contributed by atoms with van der Waals surface area (Å²) in [5.74, 6) is 0.941. The molecule has 0 radical (unpaired) electrons. The van der Waals surface area contributed by atoms with Crippen molar-refractivity contribution in [1.29, 1.82) is 0 Å². The topological polar surface area (TPSA) is 120 Å². The quantitative estimate of drug-likeness (QED) is 0.463.